The molecule has 2 aromatic carbocycles. The van der Waals surface area contributed by atoms with Gasteiger partial charge in [0.1, 0.15) is 16.9 Å². The molecule has 1 aliphatic heterocycles. The summed E-state index contributed by atoms with van der Waals surface area (Å²) in [6.45, 7) is 11.1. The molecule has 0 bridgehead atoms. The molecule has 0 N–H and O–H groups in total. The van der Waals surface area contributed by atoms with E-state index in [4.69, 9.17) is 9.15 Å². The molecule has 0 atom stereocenters. The van der Waals surface area contributed by atoms with Gasteiger partial charge in [-0.05, 0) is 46.9 Å². The molecular weight excluding hydrogens is 374 g/mol. The molecule has 30 heavy (non-hydrogen) atoms. The zero-order valence-corrected chi connectivity index (χ0v) is 18.2. The highest BCUT2D eigenvalue weighted by molar-refractivity contribution is 5.94. The fourth-order valence-electron chi connectivity index (χ4n) is 3.83. The van der Waals surface area contributed by atoms with Gasteiger partial charge in [0.15, 0.2) is 0 Å². The molecule has 3 aromatic rings. The van der Waals surface area contributed by atoms with Crippen LogP contribution in [0.4, 0.5) is 0 Å². The third kappa shape index (κ3) is 3.32. The van der Waals surface area contributed by atoms with Crippen molar-refractivity contribution in [1.29, 1.82) is 0 Å². The van der Waals surface area contributed by atoms with Crippen molar-refractivity contribution in [3.8, 4) is 0 Å². The van der Waals surface area contributed by atoms with Crippen molar-refractivity contribution < 1.29 is 9.15 Å². The van der Waals surface area contributed by atoms with Crippen LogP contribution in [-0.4, -0.2) is 25.6 Å². The Morgan fingerprint density at radius 3 is 2.53 bits per heavy atom. The summed E-state index contributed by atoms with van der Waals surface area (Å²) < 4.78 is 11.6. The Hall–Kier alpha value is -3.27. The van der Waals surface area contributed by atoms with Crippen LogP contribution in [0.5, 0.6) is 0 Å². The second kappa shape index (κ2) is 7.21. The number of ether oxygens (including phenoxy) is 1. The maximum absolute atomic E-state index is 13.4. The summed E-state index contributed by atoms with van der Waals surface area (Å²) in [5, 5.41) is 1.17. The summed E-state index contributed by atoms with van der Waals surface area (Å²) >= 11 is 0. The Kier molecular flexibility index (Phi) is 4.81. The molecule has 0 amide bonds. The predicted octanol–water partition coefficient (Wildman–Crippen LogP) is 5.70. The minimum absolute atomic E-state index is 0.0178. The number of hydrogen-bond acceptors (Lipinski definition) is 4. The Morgan fingerprint density at radius 1 is 1.13 bits per heavy atom. The molecule has 4 heteroatoms. The SMILES string of the molecule is C=Cc1cc2oc3ccc(C(C)(C)C)cc3c(=O)c2cc1C1=CC(OC)=CCN1C. The standard InChI is InChI=1S/C26H27NO3/c1-7-16-12-24-21(15-19(16)22-14-18(29-6)10-11-27(22)5)25(28)20-13-17(26(2,3)4)8-9-23(20)30-24/h7-10,12-15H,1,11H2,2-6H3. The molecule has 2 heterocycles. The zero-order valence-electron chi connectivity index (χ0n) is 18.2. The number of methoxy groups -OCH3 is 1. The van der Waals surface area contributed by atoms with E-state index < -0.39 is 0 Å². The van der Waals surface area contributed by atoms with Crippen molar-refractivity contribution in [2.24, 2.45) is 0 Å². The number of likely N-dealkylation sites (N-methyl/N-ethyl adjacent to an activating group) is 1. The molecule has 0 saturated carbocycles. The number of benzene rings is 2. The van der Waals surface area contributed by atoms with Gasteiger partial charge in [0.25, 0.3) is 0 Å². The van der Waals surface area contributed by atoms with Gasteiger partial charge in [0.2, 0.25) is 5.43 Å². The Balaban J connectivity index is 2.01. The van der Waals surface area contributed by atoms with Crippen molar-refractivity contribution in [2.45, 2.75) is 26.2 Å². The highest BCUT2D eigenvalue weighted by Crippen LogP contribution is 2.32. The summed E-state index contributed by atoms with van der Waals surface area (Å²) in [4.78, 5) is 15.6. The highest BCUT2D eigenvalue weighted by Gasteiger charge is 2.20. The van der Waals surface area contributed by atoms with Gasteiger partial charge in [-0.2, -0.15) is 0 Å². The molecule has 0 aliphatic carbocycles. The summed E-state index contributed by atoms with van der Waals surface area (Å²) in [5.41, 5.74) is 5.02. The lowest BCUT2D eigenvalue weighted by atomic mass is 9.86. The van der Waals surface area contributed by atoms with E-state index in [0.29, 0.717) is 21.9 Å². The van der Waals surface area contributed by atoms with E-state index in [9.17, 15) is 4.79 Å². The largest absolute Gasteiger partial charge is 0.497 e. The minimum atomic E-state index is -0.0496. The Labute approximate surface area is 176 Å². The molecule has 4 nitrogen and oxygen atoms in total. The van der Waals surface area contributed by atoms with Gasteiger partial charge < -0.3 is 14.1 Å². The van der Waals surface area contributed by atoms with Crippen LogP contribution in [-0.2, 0) is 10.2 Å². The van der Waals surface area contributed by atoms with E-state index >= 15 is 0 Å². The minimum Gasteiger partial charge on any atom is -0.497 e. The Morgan fingerprint density at radius 2 is 1.87 bits per heavy atom. The van der Waals surface area contributed by atoms with Crippen LogP contribution >= 0.6 is 0 Å². The normalized spacial score (nSPS) is 14.6. The molecule has 0 saturated heterocycles. The Bertz CT molecular complexity index is 1290. The summed E-state index contributed by atoms with van der Waals surface area (Å²) in [6.07, 6.45) is 5.80. The first kappa shape index (κ1) is 20.0. The first-order chi connectivity index (χ1) is 14.2. The van der Waals surface area contributed by atoms with E-state index in [0.717, 1.165) is 34.7 Å². The molecule has 1 aliphatic rings. The quantitative estimate of drug-likeness (QED) is 0.528. The van der Waals surface area contributed by atoms with Crippen molar-refractivity contribution in [3.63, 3.8) is 0 Å². The van der Waals surface area contributed by atoms with Crippen molar-refractivity contribution in [1.82, 2.24) is 4.90 Å². The molecule has 154 valence electrons. The smallest absolute Gasteiger partial charge is 0.200 e. The average molecular weight is 402 g/mol. The van der Waals surface area contributed by atoms with Crippen LogP contribution in [0.3, 0.4) is 0 Å². The number of allylic oxidation sites excluding steroid dienone is 1. The van der Waals surface area contributed by atoms with Crippen LogP contribution in [0.25, 0.3) is 33.7 Å². The predicted molar refractivity (Wildman–Crippen MR) is 124 cm³/mol. The third-order valence-electron chi connectivity index (χ3n) is 5.69. The van der Waals surface area contributed by atoms with Crippen LogP contribution < -0.4 is 5.43 Å². The topological polar surface area (TPSA) is 42.7 Å². The summed E-state index contributed by atoms with van der Waals surface area (Å²) in [7, 11) is 3.68. The van der Waals surface area contributed by atoms with Crippen molar-refractivity contribution in [2.75, 3.05) is 20.7 Å². The van der Waals surface area contributed by atoms with Crippen LogP contribution in [0.15, 0.2) is 64.0 Å². The van der Waals surface area contributed by atoms with Gasteiger partial charge in [-0.3, -0.25) is 4.79 Å². The maximum Gasteiger partial charge on any atom is 0.200 e. The highest BCUT2D eigenvalue weighted by atomic mass is 16.5. The average Bonchev–Trinajstić information content (AvgIpc) is 2.72. The summed E-state index contributed by atoms with van der Waals surface area (Å²) in [6, 6.07) is 9.70. The van der Waals surface area contributed by atoms with Gasteiger partial charge in [0, 0.05) is 30.9 Å². The van der Waals surface area contributed by atoms with E-state index in [2.05, 4.69) is 32.3 Å². The lowest BCUT2D eigenvalue weighted by Crippen LogP contribution is -2.21. The lowest BCUT2D eigenvalue weighted by molar-refractivity contribution is 0.299. The van der Waals surface area contributed by atoms with Crippen molar-refractivity contribution >= 4 is 33.7 Å². The van der Waals surface area contributed by atoms with E-state index in [1.165, 1.54) is 0 Å². The number of fused-ring (bicyclic) bond motifs is 2. The fourth-order valence-corrected chi connectivity index (χ4v) is 3.83. The number of rotatable bonds is 3. The molecule has 1 aromatic heterocycles. The first-order valence-corrected chi connectivity index (χ1v) is 10.1. The molecule has 0 unspecified atom stereocenters. The monoisotopic (exact) mass is 401 g/mol. The van der Waals surface area contributed by atoms with Gasteiger partial charge >= 0.3 is 0 Å². The lowest BCUT2D eigenvalue weighted by Gasteiger charge is -2.27. The van der Waals surface area contributed by atoms with Crippen LogP contribution in [0, 0.1) is 0 Å². The summed E-state index contributed by atoms with van der Waals surface area (Å²) in [5.74, 6) is 0.804. The van der Waals surface area contributed by atoms with E-state index in [-0.39, 0.29) is 10.8 Å². The van der Waals surface area contributed by atoms with Gasteiger partial charge in [-0.25, -0.2) is 0 Å². The molecular formula is C26H27NO3. The van der Waals surface area contributed by atoms with Crippen LogP contribution in [0.1, 0.15) is 37.5 Å². The number of nitrogens with zero attached hydrogens (tertiary/aromatic N) is 1. The molecule has 4 rings (SSSR count). The van der Waals surface area contributed by atoms with Crippen LogP contribution in [0.2, 0.25) is 0 Å². The van der Waals surface area contributed by atoms with E-state index in [1.807, 2.05) is 49.5 Å². The van der Waals surface area contributed by atoms with Crippen molar-refractivity contribution in [3.05, 3.63) is 81.7 Å². The molecule has 0 radical (unpaired) electrons. The van der Waals surface area contributed by atoms with Gasteiger partial charge in [-0.15, -0.1) is 0 Å². The number of hydrogen-bond donors (Lipinski definition) is 0. The van der Waals surface area contributed by atoms with E-state index in [1.54, 1.807) is 13.2 Å². The van der Waals surface area contributed by atoms with Gasteiger partial charge in [0.05, 0.1) is 17.9 Å². The molecule has 0 spiro atoms. The second-order valence-corrected chi connectivity index (χ2v) is 8.75. The third-order valence-corrected chi connectivity index (χ3v) is 5.69. The van der Waals surface area contributed by atoms with Gasteiger partial charge in [-0.1, -0.05) is 39.5 Å². The fraction of sp³-hybridized carbons (Fsp3) is 0.269. The first-order valence-electron chi connectivity index (χ1n) is 10.1. The zero-order chi connectivity index (χ0) is 21.6. The maximum atomic E-state index is 13.4. The molecule has 0 fully saturated rings. The second-order valence-electron chi connectivity index (χ2n) is 8.75.